The van der Waals surface area contributed by atoms with Crippen LogP contribution < -0.4 is 10.5 Å². The minimum atomic E-state index is -3.13. The molecule has 0 rings (SSSR count). The molecule has 0 bridgehead atoms. The van der Waals surface area contributed by atoms with Gasteiger partial charge >= 0.3 is 0 Å². The van der Waals surface area contributed by atoms with Crippen molar-refractivity contribution >= 4 is 10.0 Å². The molecule has 0 aliphatic rings. The van der Waals surface area contributed by atoms with Gasteiger partial charge in [0.15, 0.2) is 0 Å². The van der Waals surface area contributed by atoms with Gasteiger partial charge < -0.3 is 10.5 Å². The fraction of sp³-hybridized carbons (Fsp3) is 1.00. The van der Waals surface area contributed by atoms with E-state index in [0.717, 1.165) is 25.9 Å². The number of rotatable bonds is 9. The van der Waals surface area contributed by atoms with Crippen LogP contribution in [0.25, 0.3) is 0 Å². The zero-order chi connectivity index (χ0) is 10.9. The molecule has 14 heavy (non-hydrogen) atoms. The molecule has 0 unspecified atom stereocenters. The van der Waals surface area contributed by atoms with Gasteiger partial charge in [0.2, 0.25) is 10.0 Å². The number of nitrogens with one attached hydrogen (secondary N) is 1. The van der Waals surface area contributed by atoms with Crippen LogP contribution in [0.3, 0.4) is 0 Å². The molecule has 0 saturated heterocycles. The molecule has 0 aromatic carbocycles. The Kier molecular flexibility index (Phi) is 8.07. The number of hydrogen-bond acceptors (Lipinski definition) is 4. The Morgan fingerprint density at radius 2 is 2.00 bits per heavy atom. The normalized spacial score (nSPS) is 11.9. The molecule has 0 aromatic heterocycles. The highest BCUT2D eigenvalue weighted by Gasteiger charge is 2.06. The van der Waals surface area contributed by atoms with E-state index in [9.17, 15) is 8.42 Å². The average molecular weight is 224 g/mol. The number of sulfonamides is 1. The molecule has 0 radical (unpaired) electrons. The third-order valence-corrected chi connectivity index (χ3v) is 3.15. The highest BCUT2D eigenvalue weighted by Crippen LogP contribution is 1.94. The molecule has 0 saturated carbocycles. The van der Waals surface area contributed by atoms with Crippen molar-refractivity contribution in [2.75, 3.05) is 32.6 Å². The fourth-order valence-electron chi connectivity index (χ4n) is 1.00. The topological polar surface area (TPSA) is 81.4 Å². The summed E-state index contributed by atoms with van der Waals surface area (Å²) >= 11 is 0. The van der Waals surface area contributed by atoms with Gasteiger partial charge in [0.25, 0.3) is 0 Å². The third-order valence-electron chi connectivity index (χ3n) is 1.73. The summed E-state index contributed by atoms with van der Waals surface area (Å²) in [7, 11) is -1.47. The Morgan fingerprint density at radius 1 is 1.29 bits per heavy atom. The highest BCUT2D eigenvalue weighted by atomic mass is 32.2. The predicted molar refractivity (Wildman–Crippen MR) is 56.6 cm³/mol. The van der Waals surface area contributed by atoms with Crippen LogP contribution in [0, 0.1) is 0 Å². The van der Waals surface area contributed by atoms with E-state index in [1.807, 2.05) is 0 Å². The zero-order valence-electron chi connectivity index (χ0n) is 8.66. The number of ether oxygens (including phenoxy) is 1. The maximum absolute atomic E-state index is 11.1. The van der Waals surface area contributed by atoms with Gasteiger partial charge in [-0.25, -0.2) is 13.1 Å². The summed E-state index contributed by atoms with van der Waals surface area (Å²) in [6.07, 6.45) is 2.78. The van der Waals surface area contributed by atoms with E-state index < -0.39 is 10.0 Å². The lowest BCUT2D eigenvalue weighted by atomic mass is 10.2. The molecule has 0 atom stereocenters. The van der Waals surface area contributed by atoms with Crippen molar-refractivity contribution in [1.82, 2.24) is 4.72 Å². The largest absolute Gasteiger partial charge is 0.385 e. The standard InChI is InChI=1S/C8H20N2O3S/c1-13-7-4-2-3-6-10-14(11,12)8-5-9/h10H,2-9H2,1H3. The summed E-state index contributed by atoms with van der Waals surface area (Å²) in [4.78, 5) is 0. The quantitative estimate of drug-likeness (QED) is 0.526. The molecule has 0 aromatic rings. The van der Waals surface area contributed by atoms with Gasteiger partial charge in [-0.1, -0.05) is 0 Å². The number of methoxy groups -OCH3 is 1. The molecule has 5 nitrogen and oxygen atoms in total. The van der Waals surface area contributed by atoms with Gasteiger partial charge in [0.05, 0.1) is 5.75 Å². The molecular formula is C8H20N2O3S. The number of unbranched alkanes of at least 4 members (excludes halogenated alkanes) is 2. The molecular weight excluding hydrogens is 204 g/mol. The molecule has 0 aliphatic carbocycles. The Hall–Kier alpha value is -0.170. The zero-order valence-corrected chi connectivity index (χ0v) is 9.48. The van der Waals surface area contributed by atoms with Crippen LogP contribution in [0.5, 0.6) is 0 Å². The van der Waals surface area contributed by atoms with Crippen LogP contribution in [0.15, 0.2) is 0 Å². The van der Waals surface area contributed by atoms with Gasteiger partial charge in [0, 0.05) is 26.8 Å². The summed E-state index contributed by atoms with van der Waals surface area (Å²) in [5.74, 6) is 0.00503. The maximum atomic E-state index is 11.1. The van der Waals surface area contributed by atoms with E-state index in [2.05, 4.69) is 4.72 Å². The first kappa shape index (κ1) is 13.8. The van der Waals surface area contributed by atoms with Gasteiger partial charge in [-0.15, -0.1) is 0 Å². The SMILES string of the molecule is COCCCCCNS(=O)(=O)CCN. The second-order valence-corrected chi connectivity index (χ2v) is 4.98. The first-order chi connectivity index (χ1) is 6.62. The number of nitrogens with two attached hydrogens (primary N) is 1. The summed E-state index contributed by atoms with van der Waals surface area (Å²) in [6, 6.07) is 0. The summed E-state index contributed by atoms with van der Waals surface area (Å²) in [5.41, 5.74) is 5.15. The van der Waals surface area contributed by atoms with Gasteiger partial charge in [-0.3, -0.25) is 0 Å². The van der Waals surface area contributed by atoms with Crippen molar-refractivity contribution in [2.45, 2.75) is 19.3 Å². The lowest BCUT2D eigenvalue weighted by Gasteiger charge is -2.04. The van der Waals surface area contributed by atoms with Crippen LogP contribution in [0.1, 0.15) is 19.3 Å². The van der Waals surface area contributed by atoms with Crippen LogP contribution in [0.2, 0.25) is 0 Å². The molecule has 0 fully saturated rings. The number of hydrogen-bond donors (Lipinski definition) is 2. The smallest absolute Gasteiger partial charge is 0.212 e. The second kappa shape index (κ2) is 8.16. The first-order valence-corrected chi connectivity index (χ1v) is 6.44. The fourth-order valence-corrected chi connectivity index (χ4v) is 1.91. The lowest BCUT2D eigenvalue weighted by molar-refractivity contribution is 0.192. The Labute approximate surface area is 86.1 Å². The maximum Gasteiger partial charge on any atom is 0.212 e. The monoisotopic (exact) mass is 224 g/mol. The second-order valence-electron chi connectivity index (χ2n) is 3.06. The van der Waals surface area contributed by atoms with E-state index >= 15 is 0 Å². The third kappa shape index (κ3) is 8.43. The highest BCUT2D eigenvalue weighted by molar-refractivity contribution is 7.89. The van der Waals surface area contributed by atoms with E-state index in [1.165, 1.54) is 0 Å². The Bertz CT molecular complexity index is 217. The van der Waals surface area contributed by atoms with Crippen LogP contribution in [-0.2, 0) is 14.8 Å². The molecule has 0 amide bonds. The molecule has 0 spiro atoms. The van der Waals surface area contributed by atoms with Crippen molar-refractivity contribution in [2.24, 2.45) is 5.73 Å². The minimum Gasteiger partial charge on any atom is -0.385 e. The predicted octanol–water partition coefficient (Wildman–Crippen LogP) is -0.319. The first-order valence-electron chi connectivity index (χ1n) is 4.78. The van der Waals surface area contributed by atoms with Crippen LogP contribution >= 0.6 is 0 Å². The summed E-state index contributed by atoms with van der Waals surface area (Å²) in [5, 5.41) is 0. The van der Waals surface area contributed by atoms with E-state index in [-0.39, 0.29) is 12.3 Å². The van der Waals surface area contributed by atoms with Crippen molar-refractivity contribution in [1.29, 1.82) is 0 Å². The average Bonchev–Trinajstić information content (AvgIpc) is 2.11. The van der Waals surface area contributed by atoms with Crippen molar-refractivity contribution in [3.63, 3.8) is 0 Å². The van der Waals surface area contributed by atoms with Crippen molar-refractivity contribution in [3.8, 4) is 0 Å². The lowest BCUT2D eigenvalue weighted by Crippen LogP contribution is -2.30. The molecule has 0 heterocycles. The Morgan fingerprint density at radius 3 is 2.57 bits per heavy atom. The van der Waals surface area contributed by atoms with Gasteiger partial charge in [-0.2, -0.15) is 0 Å². The Balaban J connectivity index is 3.35. The van der Waals surface area contributed by atoms with E-state index in [4.69, 9.17) is 10.5 Å². The minimum absolute atomic E-state index is 0.00503. The molecule has 3 N–H and O–H groups in total. The van der Waals surface area contributed by atoms with Crippen molar-refractivity contribution < 1.29 is 13.2 Å². The molecule has 6 heteroatoms. The van der Waals surface area contributed by atoms with E-state index in [1.54, 1.807) is 7.11 Å². The van der Waals surface area contributed by atoms with Crippen LogP contribution in [0.4, 0.5) is 0 Å². The summed E-state index contributed by atoms with van der Waals surface area (Å²) < 4.78 is 29.6. The molecule has 0 aliphatic heterocycles. The van der Waals surface area contributed by atoms with E-state index in [0.29, 0.717) is 6.54 Å². The van der Waals surface area contributed by atoms with Crippen LogP contribution in [-0.4, -0.2) is 41.0 Å². The van der Waals surface area contributed by atoms with Gasteiger partial charge in [0.1, 0.15) is 0 Å². The van der Waals surface area contributed by atoms with Crippen molar-refractivity contribution in [3.05, 3.63) is 0 Å². The summed E-state index contributed by atoms with van der Waals surface area (Å²) in [6.45, 7) is 1.39. The molecule has 86 valence electrons. The van der Waals surface area contributed by atoms with Gasteiger partial charge in [-0.05, 0) is 19.3 Å².